The first-order valence-corrected chi connectivity index (χ1v) is 4.84. The highest BCUT2D eigenvalue weighted by molar-refractivity contribution is 6.07. The van der Waals surface area contributed by atoms with Gasteiger partial charge in [-0.05, 0) is 12.1 Å². The molecule has 5 nitrogen and oxygen atoms in total. The lowest BCUT2D eigenvalue weighted by Gasteiger charge is -1.98. The maximum atomic E-state index is 11.5. The second kappa shape index (κ2) is 5.16. The van der Waals surface area contributed by atoms with E-state index in [2.05, 4.69) is 0 Å². The number of Topliss-reactive ketones (excluding diaryl/α,β-unsaturated/α-hetero) is 2. The SMILES string of the molecule is CCC(=O)CC(=O)c1ccc([N+](=O)[O-])cc1. The average molecular weight is 221 g/mol. The zero-order chi connectivity index (χ0) is 12.1. The van der Waals surface area contributed by atoms with Crippen LogP contribution in [0.2, 0.25) is 0 Å². The van der Waals surface area contributed by atoms with Crippen LogP contribution in [0.3, 0.4) is 0 Å². The maximum Gasteiger partial charge on any atom is 0.269 e. The number of rotatable bonds is 5. The van der Waals surface area contributed by atoms with Gasteiger partial charge in [0.2, 0.25) is 0 Å². The van der Waals surface area contributed by atoms with Crippen LogP contribution in [0.4, 0.5) is 5.69 Å². The third-order valence-corrected chi connectivity index (χ3v) is 2.15. The van der Waals surface area contributed by atoms with Crippen molar-refractivity contribution in [3.05, 3.63) is 39.9 Å². The summed E-state index contributed by atoms with van der Waals surface area (Å²) >= 11 is 0. The molecule has 0 atom stereocenters. The molecule has 0 aliphatic heterocycles. The van der Waals surface area contributed by atoms with Crippen molar-refractivity contribution in [1.29, 1.82) is 0 Å². The van der Waals surface area contributed by atoms with E-state index in [1.807, 2.05) is 0 Å². The van der Waals surface area contributed by atoms with Gasteiger partial charge in [0.1, 0.15) is 5.78 Å². The fourth-order valence-corrected chi connectivity index (χ4v) is 1.18. The van der Waals surface area contributed by atoms with E-state index < -0.39 is 4.92 Å². The molecule has 84 valence electrons. The topological polar surface area (TPSA) is 77.3 Å². The maximum absolute atomic E-state index is 11.5. The molecule has 0 bridgehead atoms. The molecule has 0 heterocycles. The third kappa shape index (κ3) is 2.98. The minimum Gasteiger partial charge on any atom is -0.299 e. The normalized spacial score (nSPS) is 9.81. The Kier molecular flexibility index (Phi) is 3.88. The van der Waals surface area contributed by atoms with Crippen LogP contribution in [0.5, 0.6) is 0 Å². The fourth-order valence-electron chi connectivity index (χ4n) is 1.18. The predicted molar refractivity (Wildman–Crippen MR) is 57.3 cm³/mol. The molecule has 0 saturated carbocycles. The standard InChI is InChI=1S/C11H11NO4/c1-2-10(13)7-11(14)8-3-5-9(6-4-8)12(15)16/h3-6H,2,7H2,1H3. The Morgan fingerprint density at radius 3 is 2.25 bits per heavy atom. The summed E-state index contributed by atoms with van der Waals surface area (Å²) in [6.07, 6.45) is 0.174. The highest BCUT2D eigenvalue weighted by atomic mass is 16.6. The largest absolute Gasteiger partial charge is 0.299 e. The van der Waals surface area contributed by atoms with Gasteiger partial charge in [0.15, 0.2) is 5.78 Å². The minimum atomic E-state index is -0.536. The van der Waals surface area contributed by atoms with Gasteiger partial charge in [-0.1, -0.05) is 6.92 Å². The van der Waals surface area contributed by atoms with Gasteiger partial charge in [0, 0.05) is 24.1 Å². The van der Waals surface area contributed by atoms with Crippen LogP contribution in [0.1, 0.15) is 30.1 Å². The quantitative estimate of drug-likeness (QED) is 0.330. The molecular formula is C11H11NO4. The van der Waals surface area contributed by atoms with E-state index in [4.69, 9.17) is 0 Å². The molecule has 0 saturated heterocycles. The third-order valence-electron chi connectivity index (χ3n) is 2.15. The first-order valence-electron chi connectivity index (χ1n) is 4.84. The van der Waals surface area contributed by atoms with Gasteiger partial charge in [0.05, 0.1) is 11.3 Å². The van der Waals surface area contributed by atoms with Crippen LogP contribution in [-0.2, 0) is 4.79 Å². The van der Waals surface area contributed by atoms with Crippen LogP contribution in [0.25, 0.3) is 0 Å². The van der Waals surface area contributed by atoms with E-state index in [0.717, 1.165) is 0 Å². The van der Waals surface area contributed by atoms with Crippen molar-refractivity contribution in [2.24, 2.45) is 0 Å². The number of carbonyl (C=O) groups excluding carboxylic acids is 2. The number of nitro benzene ring substituents is 1. The smallest absolute Gasteiger partial charge is 0.269 e. The number of non-ortho nitro benzene ring substituents is 1. The van der Waals surface area contributed by atoms with Crippen molar-refractivity contribution in [2.45, 2.75) is 19.8 Å². The molecule has 1 aromatic rings. The van der Waals surface area contributed by atoms with Gasteiger partial charge in [-0.2, -0.15) is 0 Å². The number of nitrogens with zero attached hydrogens (tertiary/aromatic N) is 1. The zero-order valence-corrected chi connectivity index (χ0v) is 8.80. The zero-order valence-electron chi connectivity index (χ0n) is 8.80. The van der Waals surface area contributed by atoms with Crippen LogP contribution in [0, 0.1) is 10.1 Å². The summed E-state index contributed by atoms with van der Waals surface area (Å²) in [5, 5.41) is 10.4. The Morgan fingerprint density at radius 1 is 1.25 bits per heavy atom. The molecule has 0 aliphatic carbocycles. The number of ketones is 2. The van der Waals surface area contributed by atoms with Gasteiger partial charge in [0.25, 0.3) is 5.69 Å². The number of carbonyl (C=O) groups is 2. The van der Waals surface area contributed by atoms with Crippen LogP contribution in [0.15, 0.2) is 24.3 Å². The van der Waals surface area contributed by atoms with Crippen LogP contribution in [-0.4, -0.2) is 16.5 Å². The molecular weight excluding hydrogens is 210 g/mol. The molecule has 0 radical (unpaired) electrons. The Balaban J connectivity index is 2.78. The number of hydrogen-bond acceptors (Lipinski definition) is 4. The van der Waals surface area contributed by atoms with Crippen LogP contribution < -0.4 is 0 Å². The van der Waals surface area contributed by atoms with Gasteiger partial charge in [-0.25, -0.2) is 0 Å². The summed E-state index contributed by atoms with van der Waals surface area (Å²) in [5.41, 5.74) is 0.255. The van der Waals surface area contributed by atoms with Gasteiger partial charge >= 0.3 is 0 Å². The monoisotopic (exact) mass is 221 g/mol. The van der Waals surface area contributed by atoms with Gasteiger partial charge < -0.3 is 0 Å². The van der Waals surface area contributed by atoms with Crippen molar-refractivity contribution in [1.82, 2.24) is 0 Å². The van der Waals surface area contributed by atoms with Gasteiger partial charge in [-0.15, -0.1) is 0 Å². The second-order valence-electron chi connectivity index (χ2n) is 3.30. The lowest BCUT2D eigenvalue weighted by Crippen LogP contribution is -2.06. The lowest BCUT2D eigenvalue weighted by atomic mass is 10.0. The van der Waals surface area contributed by atoms with E-state index >= 15 is 0 Å². The number of hydrogen-bond donors (Lipinski definition) is 0. The van der Waals surface area contributed by atoms with E-state index in [9.17, 15) is 19.7 Å². The van der Waals surface area contributed by atoms with E-state index in [1.54, 1.807) is 6.92 Å². The molecule has 0 fully saturated rings. The van der Waals surface area contributed by atoms with E-state index in [1.165, 1.54) is 24.3 Å². The Bertz CT molecular complexity index is 422. The molecule has 0 aromatic heterocycles. The fraction of sp³-hybridized carbons (Fsp3) is 0.273. The second-order valence-corrected chi connectivity index (χ2v) is 3.30. The number of nitro groups is 1. The van der Waals surface area contributed by atoms with Crippen molar-refractivity contribution < 1.29 is 14.5 Å². The van der Waals surface area contributed by atoms with E-state index in [-0.39, 0.29) is 23.7 Å². The Morgan fingerprint density at radius 2 is 1.81 bits per heavy atom. The highest BCUT2D eigenvalue weighted by Crippen LogP contribution is 2.13. The molecule has 1 rings (SSSR count). The highest BCUT2D eigenvalue weighted by Gasteiger charge is 2.12. The summed E-state index contributed by atoms with van der Waals surface area (Å²) in [6.45, 7) is 1.69. The Hall–Kier alpha value is -2.04. The summed E-state index contributed by atoms with van der Waals surface area (Å²) in [7, 11) is 0. The first-order chi connectivity index (χ1) is 7.54. The molecule has 0 N–H and O–H groups in total. The lowest BCUT2D eigenvalue weighted by molar-refractivity contribution is -0.384. The first kappa shape index (κ1) is 12.0. The van der Waals surface area contributed by atoms with Crippen molar-refractivity contribution in [3.63, 3.8) is 0 Å². The summed E-state index contributed by atoms with van der Waals surface area (Å²) in [6, 6.07) is 5.24. The van der Waals surface area contributed by atoms with E-state index in [0.29, 0.717) is 12.0 Å². The predicted octanol–water partition coefficient (Wildman–Crippen LogP) is 2.15. The molecule has 0 unspecified atom stereocenters. The molecule has 0 aliphatic rings. The van der Waals surface area contributed by atoms with Gasteiger partial charge in [-0.3, -0.25) is 19.7 Å². The molecule has 0 amide bonds. The summed E-state index contributed by atoms with van der Waals surface area (Å²) in [5.74, 6) is -0.440. The summed E-state index contributed by atoms with van der Waals surface area (Å²) < 4.78 is 0. The van der Waals surface area contributed by atoms with Crippen molar-refractivity contribution >= 4 is 17.3 Å². The summed E-state index contributed by atoms with van der Waals surface area (Å²) in [4.78, 5) is 32.4. The average Bonchev–Trinajstić information content (AvgIpc) is 2.28. The molecule has 1 aromatic carbocycles. The Labute approximate surface area is 92.2 Å². The molecule has 0 spiro atoms. The van der Waals surface area contributed by atoms with Crippen molar-refractivity contribution in [2.75, 3.05) is 0 Å². The number of benzene rings is 1. The minimum absolute atomic E-state index is 0.0710. The molecule has 5 heteroatoms. The molecule has 16 heavy (non-hydrogen) atoms. The van der Waals surface area contributed by atoms with Crippen LogP contribution >= 0.6 is 0 Å². The van der Waals surface area contributed by atoms with Crippen molar-refractivity contribution in [3.8, 4) is 0 Å².